The molecule has 5 heteroatoms. The predicted molar refractivity (Wildman–Crippen MR) is 61.8 cm³/mol. The minimum atomic E-state index is -2.87. The molecule has 1 unspecified atom stereocenters. The van der Waals surface area contributed by atoms with E-state index in [1.807, 2.05) is 0 Å². The van der Waals surface area contributed by atoms with Gasteiger partial charge in [0.1, 0.15) is 5.82 Å². The van der Waals surface area contributed by atoms with Crippen LogP contribution in [0.3, 0.4) is 0 Å². The molecule has 2 rings (SSSR count). The molecule has 0 radical (unpaired) electrons. The lowest BCUT2D eigenvalue weighted by molar-refractivity contribution is 0.601. The van der Waals surface area contributed by atoms with Crippen LogP contribution < -0.4 is 5.32 Å². The van der Waals surface area contributed by atoms with E-state index in [4.69, 9.17) is 0 Å². The number of aryl methyl sites for hydroxylation is 1. The Labute approximate surface area is 94.6 Å². The topological polar surface area (TPSA) is 46.2 Å². The molecule has 1 aliphatic rings. The molecule has 1 aromatic rings. The number of hydrogen-bond acceptors (Lipinski definition) is 3. The number of hydrogen-bond donors (Lipinski definition) is 1. The average molecular weight is 243 g/mol. The molecule has 3 nitrogen and oxygen atoms in total. The van der Waals surface area contributed by atoms with Crippen LogP contribution in [-0.2, 0) is 9.84 Å². The summed E-state index contributed by atoms with van der Waals surface area (Å²) in [6.45, 7) is 1.69. The monoisotopic (exact) mass is 243 g/mol. The number of halogens is 1. The normalized spacial score (nSPS) is 23.2. The van der Waals surface area contributed by atoms with Gasteiger partial charge in [0.2, 0.25) is 0 Å². The van der Waals surface area contributed by atoms with Crippen LogP contribution in [0, 0.1) is 12.7 Å². The molecule has 1 fully saturated rings. The molecule has 0 amide bonds. The lowest BCUT2D eigenvalue weighted by atomic mass is 10.2. The van der Waals surface area contributed by atoms with Crippen molar-refractivity contribution < 1.29 is 12.8 Å². The highest BCUT2D eigenvalue weighted by molar-refractivity contribution is 7.91. The Bertz CT molecular complexity index is 499. The average Bonchev–Trinajstić information content (AvgIpc) is 2.52. The molecule has 0 bridgehead atoms. The van der Waals surface area contributed by atoms with E-state index in [9.17, 15) is 12.8 Å². The third kappa shape index (κ3) is 2.52. The number of benzene rings is 1. The molecule has 0 aliphatic carbocycles. The summed E-state index contributed by atoms with van der Waals surface area (Å²) < 4.78 is 35.5. The molecule has 0 aromatic heterocycles. The van der Waals surface area contributed by atoms with Gasteiger partial charge < -0.3 is 5.32 Å². The Kier molecular flexibility index (Phi) is 2.88. The van der Waals surface area contributed by atoms with E-state index in [-0.39, 0.29) is 23.4 Å². The van der Waals surface area contributed by atoms with E-state index in [0.717, 1.165) is 5.69 Å². The fraction of sp³-hybridized carbons (Fsp3) is 0.455. The molecule has 1 saturated heterocycles. The van der Waals surface area contributed by atoms with Gasteiger partial charge in [0.25, 0.3) is 0 Å². The minimum absolute atomic E-state index is 0.0464. The molecule has 1 aromatic carbocycles. The first kappa shape index (κ1) is 11.4. The van der Waals surface area contributed by atoms with E-state index in [1.165, 1.54) is 6.07 Å². The number of sulfone groups is 1. The molecule has 1 aliphatic heterocycles. The van der Waals surface area contributed by atoms with Crippen LogP contribution in [0.4, 0.5) is 10.1 Å². The van der Waals surface area contributed by atoms with E-state index < -0.39 is 9.84 Å². The maximum Gasteiger partial charge on any atom is 0.152 e. The van der Waals surface area contributed by atoms with E-state index >= 15 is 0 Å². The summed E-state index contributed by atoms with van der Waals surface area (Å²) in [6, 6.07) is 4.67. The second-order valence-corrected chi connectivity index (χ2v) is 6.44. The standard InChI is InChI=1S/C11H14FNO2S/c1-8-6-9(2-3-11(8)12)13-10-4-5-16(14,15)7-10/h2-3,6,10,13H,4-5,7H2,1H3. The second kappa shape index (κ2) is 4.05. The van der Waals surface area contributed by atoms with Crippen molar-refractivity contribution >= 4 is 15.5 Å². The summed E-state index contributed by atoms with van der Waals surface area (Å²) >= 11 is 0. The SMILES string of the molecule is Cc1cc(NC2CCS(=O)(=O)C2)ccc1F. The quantitative estimate of drug-likeness (QED) is 0.860. The van der Waals surface area contributed by atoms with Crippen molar-refractivity contribution in [2.24, 2.45) is 0 Å². The Morgan fingerprint density at radius 2 is 2.19 bits per heavy atom. The summed E-state index contributed by atoms with van der Waals surface area (Å²) in [7, 11) is -2.87. The maximum atomic E-state index is 13.0. The van der Waals surface area contributed by atoms with Crippen LogP contribution in [0.15, 0.2) is 18.2 Å². The highest BCUT2D eigenvalue weighted by Gasteiger charge is 2.27. The Morgan fingerprint density at radius 3 is 2.75 bits per heavy atom. The van der Waals surface area contributed by atoms with Gasteiger partial charge in [0.15, 0.2) is 9.84 Å². The summed E-state index contributed by atoms with van der Waals surface area (Å²) in [4.78, 5) is 0. The van der Waals surface area contributed by atoms with Gasteiger partial charge in [-0.1, -0.05) is 0 Å². The van der Waals surface area contributed by atoms with Crippen LogP contribution in [0.1, 0.15) is 12.0 Å². The minimum Gasteiger partial charge on any atom is -0.381 e. The zero-order valence-corrected chi connectivity index (χ0v) is 9.85. The van der Waals surface area contributed by atoms with Crippen molar-refractivity contribution in [2.75, 3.05) is 16.8 Å². The van der Waals surface area contributed by atoms with Crippen molar-refractivity contribution in [3.05, 3.63) is 29.6 Å². The summed E-state index contributed by atoms with van der Waals surface area (Å²) in [5.74, 6) is 0.165. The largest absolute Gasteiger partial charge is 0.381 e. The lowest BCUT2D eigenvalue weighted by Gasteiger charge is -2.12. The van der Waals surface area contributed by atoms with Crippen LogP contribution in [-0.4, -0.2) is 26.0 Å². The van der Waals surface area contributed by atoms with Gasteiger partial charge in [-0.2, -0.15) is 0 Å². The lowest BCUT2D eigenvalue weighted by Crippen LogP contribution is -2.20. The Morgan fingerprint density at radius 1 is 1.44 bits per heavy atom. The van der Waals surface area contributed by atoms with Crippen molar-refractivity contribution in [3.63, 3.8) is 0 Å². The molecule has 1 heterocycles. The van der Waals surface area contributed by atoms with Gasteiger partial charge in [0, 0.05) is 11.7 Å². The highest BCUT2D eigenvalue weighted by atomic mass is 32.2. The molecule has 88 valence electrons. The third-order valence-electron chi connectivity index (χ3n) is 2.76. The van der Waals surface area contributed by atoms with Gasteiger partial charge in [-0.05, 0) is 37.1 Å². The zero-order chi connectivity index (χ0) is 11.8. The van der Waals surface area contributed by atoms with Crippen LogP contribution >= 0.6 is 0 Å². The van der Waals surface area contributed by atoms with Crippen molar-refractivity contribution in [1.29, 1.82) is 0 Å². The van der Waals surface area contributed by atoms with Gasteiger partial charge >= 0.3 is 0 Å². The fourth-order valence-electron chi connectivity index (χ4n) is 1.88. The molecule has 1 atom stereocenters. The molecular weight excluding hydrogens is 229 g/mol. The zero-order valence-electron chi connectivity index (χ0n) is 9.03. The molecule has 16 heavy (non-hydrogen) atoms. The van der Waals surface area contributed by atoms with Gasteiger partial charge in [-0.3, -0.25) is 0 Å². The molecule has 1 N–H and O–H groups in total. The number of rotatable bonds is 2. The summed E-state index contributed by atoms with van der Waals surface area (Å²) in [6.07, 6.45) is 0.624. The second-order valence-electron chi connectivity index (χ2n) is 4.21. The predicted octanol–water partition coefficient (Wildman–Crippen LogP) is 1.73. The van der Waals surface area contributed by atoms with Crippen LogP contribution in [0.5, 0.6) is 0 Å². The smallest absolute Gasteiger partial charge is 0.152 e. The first-order valence-corrected chi connectivity index (χ1v) is 7.01. The van der Waals surface area contributed by atoms with Gasteiger partial charge in [-0.15, -0.1) is 0 Å². The highest BCUT2D eigenvalue weighted by Crippen LogP contribution is 2.19. The van der Waals surface area contributed by atoms with Crippen LogP contribution in [0.2, 0.25) is 0 Å². The molecule has 0 spiro atoms. The maximum absolute atomic E-state index is 13.0. The Hall–Kier alpha value is -1.10. The summed E-state index contributed by atoms with van der Waals surface area (Å²) in [5.41, 5.74) is 1.34. The number of anilines is 1. The van der Waals surface area contributed by atoms with Gasteiger partial charge in [0.05, 0.1) is 11.5 Å². The third-order valence-corrected chi connectivity index (χ3v) is 4.53. The van der Waals surface area contributed by atoms with Crippen molar-refractivity contribution in [1.82, 2.24) is 0 Å². The summed E-state index contributed by atoms with van der Waals surface area (Å²) in [5, 5.41) is 3.12. The van der Waals surface area contributed by atoms with Gasteiger partial charge in [-0.25, -0.2) is 12.8 Å². The van der Waals surface area contributed by atoms with E-state index in [0.29, 0.717) is 12.0 Å². The van der Waals surface area contributed by atoms with E-state index in [1.54, 1.807) is 19.1 Å². The first-order valence-electron chi connectivity index (χ1n) is 5.19. The van der Waals surface area contributed by atoms with Crippen LogP contribution in [0.25, 0.3) is 0 Å². The first-order chi connectivity index (χ1) is 7.46. The Balaban J connectivity index is 2.08. The van der Waals surface area contributed by atoms with E-state index in [2.05, 4.69) is 5.32 Å². The van der Waals surface area contributed by atoms with Crippen molar-refractivity contribution in [2.45, 2.75) is 19.4 Å². The number of nitrogens with one attached hydrogen (secondary N) is 1. The molecule has 0 saturated carbocycles. The van der Waals surface area contributed by atoms with Crippen molar-refractivity contribution in [3.8, 4) is 0 Å². The molecular formula is C11H14FNO2S. The fourth-order valence-corrected chi connectivity index (χ4v) is 3.55.